The molecule has 0 saturated heterocycles. The lowest BCUT2D eigenvalue weighted by molar-refractivity contribution is 0.475. The molecule has 0 spiro atoms. The van der Waals surface area contributed by atoms with E-state index in [4.69, 9.17) is 14.1 Å². The number of imidazole rings is 1. The number of para-hydroxylation sites is 1. The number of fused-ring (bicyclic) bond motifs is 1. The number of hydrogen-bond donors (Lipinski definition) is 1. The molecule has 0 fully saturated rings. The highest BCUT2D eigenvalue weighted by Crippen LogP contribution is 2.43. The van der Waals surface area contributed by atoms with Crippen LogP contribution in [-0.2, 0) is 21.7 Å². The normalized spacial score (nSPS) is 13.5. The predicted molar refractivity (Wildman–Crippen MR) is 267 cm³/mol. The van der Waals surface area contributed by atoms with Gasteiger partial charge in [0.15, 0.2) is 0 Å². The van der Waals surface area contributed by atoms with Crippen molar-refractivity contribution in [3.63, 3.8) is 0 Å². The number of nitrogens with zero attached hydrogens (tertiary/aromatic N) is 3. The molecule has 0 saturated carbocycles. The number of aryl methyl sites for hydroxylation is 1. The second-order valence-corrected chi connectivity index (χ2v) is 21.3. The number of aromatic hydroxyl groups is 1. The average Bonchev–Trinajstić information content (AvgIpc) is 3.64. The van der Waals surface area contributed by atoms with Crippen LogP contribution < -0.4 is 0 Å². The lowest BCUT2D eigenvalue weighted by atomic mass is 9.83. The maximum atomic E-state index is 11.8. The van der Waals surface area contributed by atoms with Crippen molar-refractivity contribution in [1.29, 1.82) is 0 Å². The number of phenolic OH excluding ortho intramolecular Hbond substituents is 1. The first-order valence-corrected chi connectivity index (χ1v) is 22.1. The van der Waals surface area contributed by atoms with Gasteiger partial charge in [-0.3, -0.25) is 9.55 Å². The topological polar surface area (TPSA) is 50.9 Å². The van der Waals surface area contributed by atoms with E-state index in [9.17, 15) is 5.11 Å². The van der Waals surface area contributed by atoms with Crippen LogP contribution in [0.25, 0.3) is 72.7 Å². The minimum Gasteiger partial charge on any atom is -0.507 e. The summed E-state index contributed by atoms with van der Waals surface area (Å²) in [6.45, 7) is 24.6. The van der Waals surface area contributed by atoms with Gasteiger partial charge in [-0.15, -0.1) is 0 Å². The summed E-state index contributed by atoms with van der Waals surface area (Å²) in [7, 11) is 0. The largest absolute Gasteiger partial charge is 0.507 e. The molecule has 1 N–H and O–H groups in total. The third-order valence-electron chi connectivity index (χ3n) is 12.3. The van der Waals surface area contributed by atoms with Crippen molar-refractivity contribution in [2.75, 3.05) is 0 Å². The third kappa shape index (κ3) is 8.74. The maximum Gasteiger partial charge on any atom is 0.149 e. The number of benzene rings is 6. The molecule has 4 nitrogen and oxygen atoms in total. The number of phenols is 1. The van der Waals surface area contributed by atoms with Crippen LogP contribution in [0, 0.1) is 6.85 Å². The van der Waals surface area contributed by atoms with Crippen LogP contribution in [0.1, 0.15) is 115 Å². The van der Waals surface area contributed by atoms with Crippen molar-refractivity contribution in [2.24, 2.45) is 0 Å². The smallest absolute Gasteiger partial charge is 0.149 e. The Morgan fingerprint density at radius 3 is 1.73 bits per heavy atom. The summed E-state index contributed by atoms with van der Waals surface area (Å²) in [6.07, 6.45) is 1.82. The quantitative estimate of drug-likeness (QED) is 0.182. The van der Waals surface area contributed by atoms with Crippen molar-refractivity contribution in [2.45, 2.75) is 112 Å². The molecular weight excluding hydrogens is 767 g/mol. The van der Waals surface area contributed by atoms with Crippen molar-refractivity contribution < 1.29 is 9.22 Å². The lowest BCUT2D eigenvalue weighted by Gasteiger charge is -2.26. The molecule has 0 aliphatic heterocycles. The molecule has 0 bridgehead atoms. The monoisotopic (exact) mass is 833 g/mol. The summed E-state index contributed by atoms with van der Waals surface area (Å²) in [5.41, 5.74) is 15.8. The molecule has 6 aromatic carbocycles. The molecule has 0 amide bonds. The SMILES string of the molecule is [2H]C([2H])([2H])c1ccc(-c2ccnc(-c3cc(-c4cccc5c4nc(-c4cc(C(C)(C)C)ccc4O)n5-c4ccc(-c5ccc(C(C)(C)C)cc5)cc4C(C)(C)C)cc(C(C)(C)C)c3)c2)cc1. The van der Waals surface area contributed by atoms with Crippen molar-refractivity contribution >= 4 is 11.0 Å². The summed E-state index contributed by atoms with van der Waals surface area (Å²) in [6, 6.07) is 45.8. The van der Waals surface area contributed by atoms with E-state index in [-0.39, 0.29) is 27.4 Å². The molecule has 0 atom stereocenters. The fourth-order valence-corrected chi connectivity index (χ4v) is 8.41. The van der Waals surface area contributed by atoms with Gasteiger partial charge in [-0.2, -0.15) is 0 Å². The number of aromatic nitrogens is 3. The summed E-state index contributed by atoms with van der Waals surface area (Å²) >= 11 is 0. The molecule has 4 heteroatoms. The van der Waals surface area contributed by atoms with Crippen molar-refractivity contribution in [3.05, 3.63) is 167 Å². The molecule has 2 aromatic heterocycles. The predicted octanol–water partition coefficient (Wildman–Crippen LogP) is 16.0. The van der Waals surface area contributed by atoms with E-state index in [1.807, 2.05) is 30.5 Å². The van der Waals surface area contributed by atoms with E-state index in [2.05, 4.69) is 179 Å². The minimum atomic E-state index is -2.17. The first-order chi connectivity index (χ1) is 30.8. The Labute approximate surface area is 380 Å². The van der Waals surface area contributed by atoms with E-state index in [0.29, 0.717) is 17.0 Å². The van der Waals surface area contributed by atoms with Gasteiger partial charge in [0.05, 0.1) is 28.0 Å². The van der Waals surface area contributed by atoms with Crippen LogP contribution >= 0.6 is 0 Å². The lowest BCUT2D eigenvalue weighted by Crippen LogP contribution is -2.16. The molecule has 0 aliphatic rings. The Bertz CT molecular complexity index is 3090. The number of hydrogen-bond acceptors (Lipinski definition) is 3. The molecule has 2 heterocycles. The van der Waals surface area contributed by atoms with Gasteiger partial charge in [-0.25, -0.2) is 4.98 Å². The summed E-state index contributed by atoms with van der Waals surface area (Å²) in [5, 5.41) is 11.8. The van der Waals surface area contributed by atoms with E-state index in [0.717, 1.165) is 78.0 Å². The van der Waals surface area contributed by atoms with Gasteiger partial charge < -0.3 is 5.11 Å². The first-order valence-electron chi connectivity index (χ1n) is 23.6. The molecule has 320 valence electrons. The second kappa shape index (κ2) is 15.8. The maximum absolute atomic E-state index is 11.8. The van der Waals surface area contributed by atoms with Gasteiger partial charge in [0.1, 0.15) is 11.6 Å². The van der Waals surface area contributed by atoms with Crippen molar-refractivity contribution in [1.82, 2.24) is 14.5 Å². The van der Waals surface area contributed by atoms with E-state index in [1.165, 1.54) is 5.56 Å². The zero-order valence-corrected chi connectivity index (χ0v) is 39.1. The number of pyridine rings is 1. The first kappa shape index (κ1) is 39.6. The molecule has 0 unspecified atom stereocenters. The molecule has 8 rings (SSSR count). The van der Waals surface area contributed by atoms with E-state index >= 15 is 0 Å². The Kier molecular flexibility index (Phi) is 9.94. The Morgan fingerprint density at radius 1 is 0.492 bits per heavy atom. The van der Waals surface area contributed by atoms with Gasteiger partial charge in [0.2, 0.25) is 0 Å². The minimum absolute atomic E-state index is 0.0585. The highest BCUT2D eigenvalue weighted by Gasteiger charge is 2.28. The third-order valence-corrected chi connectivity index (χ3v) is 12.3. The fraction of sp³-hybridized carbons (Fsp3) is 0.288. The summed E-state index contributed by atoms with van der Waals surface area (Å²) < 4.78 is 25.8. The van der Waals surface area contributed by atoms with Gasteiger partial charge in [-0.05, 0) is 133 Å². The highest BCUT2D eigenvalue weighted by molar-refractivity contribution is 5.97. The van der Waals surface area contributed by atoms with Crippen LogP contribution in [0.5, 0.6) is 5.75 Å². The van der Waals surface area contributed by atoms with Crippen LogP contribution in [0.4, 0.5) is 0 Å². The zero-order valence-electron chi connectivity index (χ0n) is 42.1. The van der Waals surface area contributed by atoms with Gasteiger partial charge in [0.25, 0.3) is 0 Å². The van der Waals surface area contributed by atoms with E-state index in [1.54, 1.807) is 18.2 Å². The molecular formula is C59H63N3O. The van der Waals surface area contributed by atoms with E-state index < -0.39 is 6.85 Å². The van der Waals surface area contributed by atoms with Gasteiger partial charge in [0, 0.05) is 21.4 Å². The standard InChI is InChI=1S/C59H63N3O/c1-37-17-19-38(20-18-37)41-29-30-60-50(35-41)43-31-42(32-46(33-43)58(8,9)10)47-15-14-16-52-54(47)61-55(48-36-45(57(5,6)7)26-28-53(48)63)62(52)51-27-23-40(34-49(51)59(11,12)13)39-21-24-44(25-22-39)56(2,3)4/h14-36,63H,1-13H3/i1D3. The van der Waals surface area contributed by atoms with Crippen LogP contribution in [0.15, 0.2) is 140 Å². The Balaban J connectivity index is 1.36. The van der Waals surface area contributed by atoms with Gasteiger partial charge in [-0.1, -0.05) is 168 Å². The summed E-state index contributed by atoms with van der Waals surface area (Å²) in [4.78, 5) is 10.5. The van der Waals surface area contributed by atoms with Crippen molar-refractivity contribution in [3.8, 4) is 67.5 Å². The fourth-order valence-electron chi connectivity index (χ4n) is 8.41. The molecule has 63 heavy (non-hydrogen) atoms. The zero-order chi connectivity index (χ0) is 47.7. The van der Waals surface area contributed by atoms with Gasteiger partial charge >= 0.3 is 0 Å². The van der Waals surface area contributed by atoms with Crippen LogP contribution in [0.2, 0.25) is 0 Å². The average molecular weight is 833 g/mol. The number of rotatable bonds is 6. The van der Waals surface area contributed by atoms with Crippen LogP contribution in [0.3, 0.4) is 0 Å². The Morgan fingerprint density at radius 2 is 1.10 bits per heavy atom. The second-order valence-electron chi connectivity index (χ2n) is 21.3. The summed E-state index contributed by atoms with van der Waals surface area (Å²) in [5.74, 6) is 0.838. The molecule has 0 aliphatic carbocycles. The molecule has 0 radical (unpaired) electrons. The Hall–Kier alpha value is -6.26. The molecule has 8 aromatic rings. The van der Waals surface area contributed by atoms with Crippen LogP contribution in [-0.4, -0.2) is 19.6 Å². The highest BCUT2D eigenvalue weighted by atomic mass is 16.3.